The van der Waals surface area contributed by atoms with Gasteiger partial charge in [-0.3, -0.25) is 19.8 Å². The smallest absolute Gasteiger partial charge is 0.325 e. The van der Waals surface area contributed by atoms with Crippen LogP contribution in [0.25, 0.3) is 0 Å². The molecule has 2 aliphatic rings. The number of hydrogen-bond acceptors (Lipinski definition) is 6. The maximum Gasteiger partial charge on any atom is 0.325 e. The molecule has 3 amide bonds. The molecule has 1 saturated heterocycles. The van der Waals surface area contributed by atoms with Crippen LogP contribution >= 0.6 is 0 Å². The van der Waals surface area contributed by atoms with Crippen LogP contribution in [-0.4, -0.2) is 28.6 Å². The van der Waals surface area contributed by atoms with Crippen LogP contribution in [0.5, 0.6) is 11.5 Å². The summed E-state index contributed by atoms with van der Waals surface area (Å²) < 4.78 is 10.6. The Kier molecular flexibility index (Phi) is 3.72. The molecule has 0 radical (unpaired) electrons. The van der Waals surface area contributed by atoms with E-state index in [1.165, 1.54) is 24.3 Å². The van der Waals surface area contributed by atoms with Crippen molar-refractivity contribution in [2.45, 2.75) is 19.0 Å². The monoisotopic (exact) mass is 369 g/mol. The van der Waals surface area contributed by atoms with Crippen LogP contribution in [0.3, 0.4) is 0 Å². The van der Waals surface area contributed by atoms with E-state index in [0.29, 0.717) is 22.6 Å². The van der Waals surface area contributed by atoms with E-state index >= 15 is 0 Å². The Morgan fingerprint density at radius 3 is 2.56 bits per heavy atom. The third kappa shape index (κ3) is 2.73. The number of fused-ring (bicyclic) bond motifs is 1. The number of urea groups is 1. The van der Waals surface area contributed by atoms with Crippen LogP contribution in [0.15, 0.2) is 42.5 Å². The van der Waals surface area contributed by atoms with Gasteiger partial charge in [-0.25, -0.2) is 4.79 Å². The lowest BCUT2D eigenvalue weighted by molar-refractivity contribution is -0.384. The topological polar surface area (TPSA) is 111 Å². The maximum absolute atomic E-state index is 13.0. The van der Waals surface area contributed by atoms with Gasteiger partial charge in [-0.1, -0.05) is 18.2 Å². The van der Waals surface area contributed by atoms with Gasteiger partial charge in [0, 0.05) is 12.1 Å². The third-order valence-electron chi connectivity index (χ3n) is 4.71. The summed E-state index contributed by atoms with van der Waals surface area (Å²) in [7, 11) is 0. The average molecular weight is 369 g/mol. The van der Waals surface area contributed by atoms with Crippen molar-refractivity contribution in [3.05, 3.63) is 63.7 Å². The van der Waals surface area contributed by atoms with E-state index in [-0.39, 0.29) is 19.0 Å². The fraction of sp³-hybridized carbons (Fsp3) is 0.222. The van der Waals surface area contributed by atoms with Crippen molar-refractivity contribution in [1.82, 2.24) is 10.2 Å². The van der Waals surface area contributed by atoms with E-state index in [1.807, 2.05) is 0 Å². The number of non-ortho nitro benzene ring substituents is 1. The summed E-state index contributed by atoms with van der Waals surface area (Å²) in [5.41, 5.74) is -0.102. The van der Waals surface area contributed by atoms with Crippen molar-refractivity contribution in [3.8, 4) is 11.5 Å². The largest absolute Gasteiger partial charge is 0.454 e. The molecule has 138 valence electrons. The quantitative estimate of drug-likeness (QED) is 0.503. The molecule has 0 spiro atoms. The molecule has 0 aromatic heterocycles. The number of imide groups is 1. The molecule has 0 aliphatic carbocycles. The number of nitrogens with one attached hydrogen (secondary N) is 1. The Balaban J connectivity index is 1.58. The fourth-order valence-electron chi connectivity index (χ4n) is 3.15. The first-order valence-corrected chi connectivity index (χ1v) is 8.16. The summed E-state index contributed by atoms with van der Waals surface area (Å²) >= 11 is 0. The molecule has 0 saturated carbocycles. The molecular weight excluding hydrogens is 354 g/mol. The van der Waals surface area contributed by atoms with E-state index in [4.69, 9.17) is 9.47 Å². The van der Waals surface area contributed by atoms with Crippen LogP contribution in [0.4, 0.5) is 10.5 Å². The van der Waals surface area contributed by atoms with Gasteiger partial charge in [0.15, 0.2) is 11.5 Å². The molecule has 0 bridgehead atoms. The van der Waals surface area contributed by atoms with Gasteiger partial charge >= 0.3 is 6.03 Å². The molecule has 2 aromatic carbocycles. The highest BCUT2D eigenvalue weighted by molar-refractivity contribution is 6.07. The molecular formula is C18H15N3O6. The number of amides is 3. The summed E-state index contributed by atoms with van der Waals surface area (Å²) in [5, 5.41) is 13.5. The summed E-state index contributed by atoms with van der Waals surface area (Å²) in [6.45, 7) is 1.76. The van der Waals surface area contributed by atoms with E-state index in [9.17, 15) is 19.7 Å². The van der Waals surface area contributed by atoms with Gasteiger partial charge < -0.3 is 14.8 Å². The fourth-order valence-corrected chi connectivity index (χ4v) is 3.15. The van der Waals surface area contributed by atoms with Crippen LogP contribution in [-0.2, 0) is 16.9 Å². The predicted molar refractivity (Wildman–Crippen MR) is 92.1 cm³/mol. The Morgan fingerprint density at radius 2 is 1.85 bits per heavy atom. The molecule has 1 atom stereocenters. The molecule has 2 aliphatic heterocycles. The first kappa shape index (κ1) is 16.8. The number of carbonyl (C=O) groups is 2. The zero-order chi connectivity index (χ0) is 19.2. The summed E-state index contributed by atoms with van der Waals surface area (Å²) in [4.78, 5) is 36.7. The van der Waals surface area contributed by atoms with Gasteiger partial charge in [0.1, 0.15) is 5.54 Å². The molecule has 1 N–H and O–H groups in total. The lowest BCUT2D eigenvalue weighted by atomic mass is 9.91. The lowest BCUT2D eigenvalue weighted by Gasteiger charge is -2.22. The van der Waals surface area contributed by atoms with Crippen molar-refractivity contribution in [2.24, 2.45) is 0 Å². The first-order valence-electron chi connectivity index (χ1n) is 8.16. The number of hydrogen-bond donors (Lipinski definition) is 1. The minimum absolute atomic E-state index is 0.0167. The van der Waals surface area contributed by atoms with Crippen molar-refractivity contribution in [2.75, 3.05) is 6.79 Å². The van der Waals surface area contributed by atoms with E-state index in [0.717, 1.165) is 4.90 Å². The second-order valence-corrected chi connectivity index (χ2v) is 6.44. The third-order valence-corrected chi connectivity index (χ3v) is 4.71. The SMILES string of the molecule is CC1(c2ccc3c(c2)OCO3)NC(=O)N(Cc2ccc([N+](=O)[O-])cc2)C1=O. The number of nitro groups is 1. The van der Waals surface area contributed by atoms with Crippen molar-refractivity contribution >= 4 is 17.6 Å². The summed E-state index contributed by atoms with van der Waals surface area (Å²) in [6.07, 6.45) is 0. The molecule has 1 unspecified atom stereocenters. The molecule has 27 heavy (non-hydrogen) atoms. The van der Waals surface area contributed by atoms with Gasteiger partial charge in [0.05, 0.1) is 11.5 Å². The zero-order valence-electron chi connectivity index (χ0n) is 14.3. The highest BCUT2D eigenvalue weighted by Gasteiger charge is 2.49. The van der Waals surface area contributed by atoms with Gasteiger partial charge in [-0.15, -0.1) is 0 Å². The number of benzene rings is 2. The number of carbonyl (C=O) groups excluding carboxylic acids is 2. The minimum Gasteiger partial charge on any atom is -0.454 e. The molecule has 1 fully saturated rings. The zero-order valence-corrected chi connectivity index (χ0v) is 14.3. The molecule has 4 rings (SSSR count). The average Bonchev–Trinajstić information content (AvgIpc) is 3.20. The second kappa shape index (κ2) is 5.97. The van der Waals surface area contributed by atoms with Crippen molar-refractivity contribution in [1.29, 1.82) is 0 Å². The number of nitro benzene ring substituents is 1. The number of ether oxygens (including phenoxy) is 2. The van der Waals surface area contributed by atoms with Gasteiger partial charge in [0.25, 0.3) is 11.6 Å². The Labute approximate surface area is 153 Å². The first-order chi connectivity index (χ1) is 12.9. The number of rotatable bonds is 4. The van der Waals surface area contributed by atoms with Crippen LogP contribution in [0.2, 0.25) is 0 Å². The minimum atomic E-state index is -1.24. The summed E-state index contributed by atoms with van der Waals surface area (Å²) in [5.74, 6) is 0.691. The van der Waals surface area contributed by atoms with E-state index < -0.39 is 22.4 Å². The molecule has 9 heteroatoms. The number of nitrogens with zero attached hydrogens (tertiary/aromatic N) is 2. The van der Waals surface area contributed by atoms with Crippen LogP contribution in [0, 0.1) is 10.1 Å². The Morgan fingerprint density at radius 1 is 1.15 bits per heavy atom. The molecule has 2 aromatic rings. The Bertz CT molecular complexity index is 958. The maximum atomic E-state index is 13.0. The second-order valence-electron chi connectivity index (χ2n) is 6.44. The van der Waals surface area contributed by atoms with E-state index in [1.54, 1.807) is 25.1 Å². The highest BCUT2D eigenvalue weighted by atomic mass is 16.7. The van der Waals surface area contributed by atoms with Crippen LogP contribution < -0.4 is 14.8 Å². The van der Waals surface area contributed by atoms with Crippen LogP contribution in [0.1, 0.15) is 18.1 Å². The summed E-state index contributed by atoms with van der Waals surface area (Å²) in [6, 6.07) is 10.3. The normalized spacial score (nSPS) is 20.7. The predicted octanol–water partition coefficient (Wildman–Crippen LogP) is 2.29. The lowest BCUT2D eigenvalue weighted by Crippen LogP contribution is -2.40. The Hall–Kier alpha value is -3.62. The van der Waals surface area contributed by atoms with E-state index in [2.05, 4.69) is 5.32 Å². The van der Waals surface area contributed by atoms with Gasteiger partial charge in [-0.2, -0.15) is 0 Å². The van der Waals surface area contributed by atoms with Gasteiger partial charge in [0.2, 0.25) is 6.79 Å². The highest BCUT2D eigenvalue weighted by Crippen LogP contribution is 2.38. The van der Waals surface area contributed by atoms with Crippen molar-refractivity contribution in [3.63, 3.8) is 0 Å². The molecule has 2 heterocycles. The molecule has 9 nitrogen and oxygen atoms in total. The standard InChI is InChI=1S/C18H15N3O6/c1-18(12-4-7-14-15(8-12)27-10-26-14)16(22)20(17(23)19-18)9-11-2-5-13(6-3-11)21(24)25/h2-8H,9-10H2,1H3,(H,19,23). The van der Waals surface area contributed by atoms with Crippen molar-refractivity contribution < 1.29 is 24.0 Å². The van der Waals surface area contributed by atoms with Gasteiger partial charge in [-0.05, 0) is 30.2 Å².